The van der Waals surface area contributed by atoms with Crippen molar-refractivity contribution in [2.45, 2.75) is 27.2 Å². The molecule has 0 aliphatic heterocycles. The number of aromatic nitrogens is 1. The topological polar surface area (TPSA) is 60.5 Å². The van der Waals surface area contributed by atoms with E-state index in [9.17, 15) is 4.79 Å². The van der Waals surface area contributed by atoms with E-state index in [1.54, 1.807) is 0 Å². The first kappa shape index (κ1) is 18.2. The van der Waals surface area contributed by atoms with Crippen LogP contribution in [0.15, 0.2) is 36.4 Å². The van der Waals surface area contributed by atoms with E-state index in [1.807, 2.05) is 44.2 Å². The molecule has 0 spiro atoms. The van der Waals surface area contributed by atoms with E-state index >= 15 is 0 Å². The molecule has 0 aliphatic carbocycles. The standard InChI is InChI=1S/C20H22N2O3S/c1-4-7-24-15-5-6-17-18(11-15)26-20(21-17)22-19(23)12-25-16-9-13(2)8-14(3)10-16/h5-6,8-11H,4,7,12H2,1-3H3,(H,21,22,23). The summed E-state index contributed by atoms with van der Waals surface area (Å²) in [5, 5.41) is 3.35. The highest BCUT2D eigenvalue weighted by molar-refractivity contribution is 7.22. The Balaban J connectivity index is 1.61. The summed E-state index contributed by atoms with van der Waals surface area (Å²) in [6, 6.07) is 11.6. The number of carbonyl (C=O) groups excluding carboxylic acids is 1. The molecule has 1 N–H and O–H groups in total. The number of ether oxygens (including phenoxy) is 2. The predicted molar refractivity (Wildman–Crippen MR) is 105 cm³/mol. The first-order valence-corrected chi connectivity index (χ1v) is 9.39. The summed E-state index contributed by atoms with van der Waals surface area (Å²) in [6.45, 7) is 6.70. The van der Waals surface area contributed by atoms with E-state index in [4.69, 9.17) is 9.47 Å². The lowest BCUT2D eigenvalue weighted by molar-refractivity contribution is -0.118. The Labute approximate surface area is 157 Å². The van der Waals surface area contributed by atoms with Crippen LogP contribution in [0, 0.1) is 13.8 Å². The van der Waals surface area contributed by atoms with Gasteiger partial charge in [0, 0.05) is 0 Å². The maximum atomic E-state index is 12.1. The van der Waals surface area contributed by atoms with Crippen molar-refractivity contribution in [3.63, 3.8) is 0 Å². The van der Waals surface area contributed by atoms with Crippen LogP contribution in [0.3, 0.4) is 0 Å². The van der Waals surface area contributed by atoms with Crippen LogP contribution in [0.4, 0.5) is 5.13 Å². The number of hydrogen-bond acceptors (Lipinski definition) is 5. The van der Waals surface area contributed by atoms with Crippen LogP contribution in [0.1, 0.15) is 24.5 Å². The van der Waals surface area contributed by atoms with Crippen molar-refractivity contribution < 1.29 is 14.3 Å². The second-order valence-electron chi connectivity index (χ2n) is 6.16. The fourth-order valence-electron chi connectivity index (χ4n) is 2.59. The first-order valence-electron chi connectivity index (χ1n) is 8.58. The van der Waals surface area contributed by atoms with Gasteiger partial charge in [0.05, 0.1) is 16.8 Å². The number of benzene rings is 2. The fraction of sp³-hybridized carbons (Fsp3) is 0.300. The number of aryl methyl sites for hydroxylation is 2. The summed E-state index contributed by atoms with van der Waals surface area (Å²) in [5.74, 6) is 1.28. The highest BCUT2D eigenvalue weighted by Gasteiger charge is 2.10. The largest absolute Gasteiger partial charge is 0.494 e. The number of amides is 1. The zero-order valence-corrected chi connectivity index (χ0v) is 16.0. The molecule has 1 aromatic heterocycles. The smallest absolute Gasteiger partial charge is 0.264 e. The van der Waals surface area contributed by atoms with Crippen LogP contribution >= 0.6 is 11.3 Å². The van der Waals surface area contributed by atoms with E-state index < -0.39 is 0 Å². The molecule has 136 valence electrons. The molecule has 0 bridgehead atoms. The number of nitrogens with one attached hydrogen (secondary N) is 1. The summed E-state index contributed by atoms with van der Waals surface area (Å²) in [4.78, 5) is 16.6. The number of carbonyl (C=O) groups is 1. The van der Waals surface area contributed by atoms with E-state index in [0.29, 0.717) is 17.5 Å². The van der Waals surface area contributed by atoms with Crippen molar-refractivity contribution in [2.24, 2.45) is 0 Å². The summed E-state index contributed by atoms with van der Waals surface area (Å²) < 4.78 is 12.2. The van der Waals surface area contributed by atoms with E-state index in [-0.39, 0.29) is 12.5 Å². The van der Waals surface area contributed by atoms with Gasteiger partial charge in [-0.3, -0.25) is 10.1 Å². The monoisotopic (exact) mass is 370 g/mol. The van der Waals surface area contributed by atoms with Crippen molar-refractivity contribution in [1.29, 1.82) is 0 Å². The van der Waals surface area contributed by atoms with Crippen LogP contribution in [0.2, 0.25) is 0 Å². The van der Waals surface area contributed by atoms with Crippen LogP contribution in [-0.4, -0.2) is 24.1 Å². The lowest BCUT2D eigenvalue weighted by atomic mass is 10.1. The Morgan fingerprint density at radius 1 is 1.08 bits per heavy atom. The van der Waals surface area contributed by atoms with Crippen molar-refractivity contribution in [2.75, 3.05) is 18.5 Å². The highest BCUT2D eigenvalue weighted by Crippen LogP contribution is 2.29. The molecule has 2 aromatic carbocycles. The molecule has 0 saturated carbocycles. The Morgan fingerprint density at radius 3 is 2.58 bits per heavy atom. The van der Waals surface area contributed by atoms with E-state index in [2.05, 4.69) is 23.3 Å². The number of hydrogen-bond donors (Lipinski definition) is 1. The SMILES string of the molecule is CCCOc1ccc2nc(NC(=O)COc3cc(C)cc(C)c3)sc2c1. The minimum Gasteiger partial charge on any atom is -0.494 e. The van der Waals surface area contributed by atoms with Gasteiger partial charge < -0.3 is 9.47 Å². The molecule has 0 saturated heterocycles. The molecule has 1 heterocycles. The second kappa shape index (κ2) is 8.19. The number of nitrogens with zero attached hydrogens (tertiary/aromatic N) is 1. The number of thiazole rings is 1. The fourth-order valence-corrected chi connectivity index (χ4v) is 3.50. The Bertz CT molecular complexity index is 900. The minimum atomic E-state index is -0.231. The molecule has 1 amide bonds. The lowest BCUT2D eigenvalue weighted by Gasteiger charge is -2.07. The molecule has 6 heteroatoms. The van der Waals surface area contributed by atoms with Gasteiger partial charge in [0.1, 0.15) is 11.5 Å². The van der Waals surface area contributed by atoms with Gasteiger partial charge in [0.25, 0.3) is 5.91 Å². The summed E-state index contributed by atoms with van der Waals surface area (Å²) in [6.07, 6.45) is 0.961. The lowest BCUT2D eigenvalue weighted by Crippen LogP contribution is -2.20. The van der Waals surface area contributed by atoms with Crippen LogP contribution in [0.5, 0.6) is 11.5 Å². The first-order chi connectivity index (χ1) is 12.5. The normalized spacial score (nSPS) is 10.7. The van der Waals surface area contributed by atoms with Crippen molar-refractivity contribution in [3.8, 4) is 11.5 Å². The molecule has 0 unspecified atom stereocenters. The maximum absolute atomic E-state index is 12.1. The zero-order chi connectivity index (χ0) is 18.5. The highest BCUT2D eigenvalue weighted by atomic mass is 32.1. The van der Waals surface area contributed by atoms with Crippen LogP contribution in [-0.2, 0) is 4.79 Å². The van der Waals surface area contributed by atoms with Crippen LogP contribution < -0.4 is 14.8 Å². The average Bonchev–Trinajstić information content (AvgIpc) is 2.98. The molecular weight excluding hydrogens is 348 g/mol. The van der Waals surface area contributed by atoms with Gasteiger partial charge >= 0.3 is 0 Å². The third kappa shape index (κ3) is 4.73. The van der Waals surface area contributed by atoms with Gasteiger partial charge in [-0.1, -0.05) is 24.3 Å². The van der Waals surface area contributed by atoms with Crippen molar-refractivity contribution >= 4 is 32.6 Å². The Kier molecular flexibility index (Phi) is 5.73. The summed E-state index contributed by atoms with van der Waals surface area (Å²) >= 11 is 1.42. The molecular formula is C20H22N2O3S. The van der Waals surface area contributed by atoms with Gasteiger partial charge in [-0.25, -0.2) is 4.98 Å². The third-order valence-electron chi connectivity index (χ3n) is 3.64. The van der Waals surface area contributed by atoms with Gasteiger partial charge in [-0.15, -0.1) is 0 Å². The minimum absolute atomic E-state index is 0.0519. The van der Waals surface area contributed by atoms with Gasteiger partial charge in [0.2, 0.25) is 0 Å². The van der Waals surface area contributed by atoms with Crippen LogP contribution in [0.25, 0.3) is 10.2 Å². The molecule has 0 aliphatic rings. The maximum Gasteiger partial charge on any atom is 0.264 e. The van der Waals surface area contributed by atoms with Crippen molar-refractivity contribution in [3.05, 3.63) is 47.5 Å². The van der Waals surface area contributed by atoms with E-state index in [0.717, 1.165) is 33.5 Å². The average molecular weight is 370 g/mol. The number of rotatable bonds is 7. The molecule has 0 fully saturated rings. The molecule has 0 radical (unpaired) electrons. The number of fused-ring (bicyclic) bond motifs is 1. The molecule has 0 atom stereocenters. The third-order valence-corrected chi connectivity index (χ3v) is 4.58. The summed E-state index contributed by atoms with van der Waals surface area (Å²) in [5.41, 5.74) is 3.05. The van der Waals surface area contributed by atoms with Gasteiger partial charge in [-0.05, 0) is 61.7 Å². The summed E-state index contributed by atoms with van der Waals surface area (Å²) in [7, 11) is 0. The quantitative estimate of drug-likeness (QED) is 0.654. The Hall–Kier alpha value is -2.60. The van der Waals surface area contributed by atoms with Crippen molar-refractivity contribution in [1.82, 2.24) is 4.98 Å². The molecule has 26 heavy (non-hydrogen) atoms. The predicted octanol–water partition coefficient (Wildman–Crippen LogP) is 4.72. The molecule has 5 nitrogen and oxygen atoms in total. The second-order valence-corrected chi connectivity index (χ2v) is 7.19. The Morgan fingerprint density at radius 2 is 1.85 bits per heavy atom. The zero-order valence-electron chi connectivity index (χ0n) is 15.2. The molecule has 3 aromatic rings. The number of anilines is 1. The molecule has 3 rings (SSSR count). The van der Waals surface area contributed by atoms with Gasteiger partial charge in [-0.2, -0.15) is 0 Å². The van der Waals surface area contributed by atoms with E-state index in [1.165, 1.54) is 11.3 Å². The van der Waals surface area contributed by atoms with Gasteiger partial charge in [0.15, 0.2) is 11.7 Å².